The van der Waals surface area contributed by atoms with Crippen molar-refractivity contribution in [1.29, 1.82) is 0 Å². The molecule has 0 spiro atoms. The Balaban J connectivity index is 2.43. The number of anilines is 1. The number of nitrogens with two attached hydrogens (primary N) is 1. The first-order valence-electron chi connectivity index (χ1n) is 5.76. The monoisotopic (exact) mass is 218 g/mol. The van der Waals surface area contributed by atoms with Crippen molar-refractivity contribution < 1.29 is 4.79 Å². The second kappa shape index (κ2) is 4.26. The molecule has 0 aromatic heterocycles. The van der Waals surface area contributed by atoms with Gasteiger partial charge >= 0.3 is 0 Å². The third kappa shape index (κ3) is 1.83. The first kappa shape index (κ1) is 11.1. The summed E-state index contributed by atoms with van der Waals surface area (Å²) in [6.07, 6.45) is 2.08. The molecule has 1 aliphatic heterocycles. The second-order valence-electron chi connectivity index (χ2n) is 4.46. The van der Waals surface area contributed by atoms with E-state index in [-0.39, 0.29) is 5.91 Å². The van der Waals surface area contributed by atoms with E-state index in [0.717, 1.165) is 30.6 Å². The van der Waals surface area contributed by atoms with E-state index >= 15 is 0 Å². The van der Waals surface area contributed by atoms with E-state index < -0.39 is 6.04 Å². The number of para-hydroxylation sites is 1. The minimum Gasteiger partial charge on any atom is -0.320 e. The number of amides is 1. The maximum absolute atomic E-state index is 12.0. The highest BCUT2D eigenvalue weighted by Crippen LogP contribution is 2.30. The van der Waals surface area contributed by atoms with Gasteiger partial charge in [0.05, 0.1) is 6.04 Å². The Hall–Kier alpha value is -1.35. The molecule has 3 heteroatoms. The summed E-state index contributed by atoms with van der Waals surface area (Å²) >= 11 is 0. The van der Waals surface area contributed by atoms with Crippen molar-refractivity contribution in [3.63, 3.8) is 0 Å². The molecule has 1 aromatic carbocycles. The Morgan fingerprint density at radius 3 is 2.94 bits per heavy atom. The minimum absolute atomic E-state index is 0.0234. The summed E-state index contributed by atoms with van der Waals surface area (Å²) in [4.78, 5) is 13.9. The maximum Gasteiger partial charge on any atom is 0.243 e. The topological polar surface area (TPSA) is 46.3 Å². The lowest BCUT2D eigenvalue weighted by Crippen LogP contribution is -2.44. The van der Waals surface area contributed by atoms with Gasteiger partial charge < -0.3 is 10.6 Å². The molecular weight excluding hydrogens is 200 g/mol. The predicted octanol–water partition coefficient (Wildman–Crippen LogP) is 1.62. The Kier molecular flexibility index (Phi) is 2.97. The number of aryl methyl sites for hydroxylation is 2. The summed E-state index contributed by atoms with van der Waals surface area (Å²) in [6, 6.07) is 5.77. The average molecular weight is 218 g/mol. The molecule has 0 fully saturated rings. The lowest BCUT2D eigenvalue weighted by molar-refractivity contribution is -0.119. The van der Waals surface area contributed by atoms with E-state index in [4.69, 9.17) is 5.73 Å². The number of fused-ring (bicyclic) bond motifs is 1. The summed E-state index contributed by atoms with van der Waals surface area (Å²) in [5.41, 5.74) is 9.19. The highest BCUT2D eigenvalue weighted by atomic mass is 16.2. The Morgan fingerprint density at radius 2 is 2.25 bits per heavy atom. The second-order valence-corrected chi connectivity index (χ2v) is 4.46. The van der Waals surface area contributed by atoms with Gasteiger partial charge in [-0.1, -0.05) is 18.2 Å². The zero-order chi connectivity index (χ0) is 11.7. The van der Waals surface area contributed by atoms with Crippen LogP contribution in [-0.2, 0) is 11.2 Å². The molecule has 16 heavy (non-hydrogen) atoms. The van der Waals surface area contributed by atoms with Crippen LogP contribution in [0.25, 0.3) is 0 Å². The molecule has 2 rings (SSSR count). The summed E-state index contributed by atoms with van der Waals surface area (Å²) < 4.78 is 0. The van der Waals surface area contributed by atoms with Gasteiger partial charge in [-0.25, -0.2) is 0 Å². The van der Waals surface area contributed by atoms with E-state index in [2.05, 4.69) is 6.07 Å². The third-order valence-corrected chi connectivity index (χ3v) is 3.07. The minimum atomic E-state index is -0.425. The van der Waals surface area contributed by atoms with Crippen molar-refractivity contribution in [2.24, 2.45) is 5.73 Å². The number of hydrogen-bond acceptors (Lipinski definition) is 2. The van der Waals surface area contributed by atoms with Crippen LogP contribution in [-0.4, -0.2) is 18.5 Å². The van der Waals surface area contributed by atoms with E-state index in [0.29, 0.717) is 0 Å². The Labute approximate surface area is 96.2 Å². The van der Waals surface area contributed by atoms with E-state index in [1.54, 1.807) is 6.92 Å². The molecule has 1 heterocycles. The van der Waals surface area contributed by atoms with Crippen LogP contribution in [0.3, 0.4) is 0 Å². The third-order valence-electron chi connectivity index (χ3n) is 3.07. The SMILES string of the molecule is Cc1cccc2c1N(C(=O)[C@@H](C)N)CCC2. The van der Waals surface area contributed by atoms with E-state index in [9.17, 15) is 4.79 Å². The Bertz CT molecular complexity index is 412. The first-order valence-corrected chi connectivity index (χ1v) is 5.76. The number of hydrogen-bond donors (Lipinski definition) is 1. The largest absolute Gasteiger partial charge is 0.320 e. The van der Waals surface area contributed by atoms with Crippen LogP contribution in [0.2, 0.25) is 0 Å². The van der Waals surface area contributed by atoms with Crippen LogP contribution in [0.5, 0.6) is 0 Å². The molecule has 3 nitrogen and oxygen atoms in total. The van der Waals surface area contributed by atoms with Gasteiger partial charge in [-0.05, 0) is 37.8 Å². The number of carbonyl (C=O) groups excluding carboxylic acids is 1. The van der Waals surface area contributed by atoms with Crippen LogP contribution in [0.1, 0.15) is 24.5 Å². The zero-order valence-corrected chi connectivity index (χ0v) is 9.86. The molecule has 0 radical (unpaired) electrons. The maximum atomic E-state index is 12.0. The number of carbonyl (C=O) groups is 1. The van der Waals surface area contributed by atoms with Gasteiger partial charge in [0.1, 0.15) is 0 Å². The van der Waals surface area contributed by atoms with Crippen molar-refractivity contribution in [1.82, 2.24) is 0 Å². The van der Waals surface area contributed by atoms with Crippen molar-refractivity contribution in [3.8, 4) is 0 Å². The molecule has 0 unspecified atom stereocenters. The molecule has 1 aromatic rings. The summed E-state index contributed by atoms with van der Waals surface area (Å²) in [6.45, 7) is 4.58. The average Bonchev–Trinajstić information content (AvgIpc) is 2.27. The normalized spacial score (nSPS) is 16.8. The summed E-state index contributed by atoms with van der Waals surface area (Å²) in [7, 11) is 0. The fourth-order valence-electron chi connectivity index (χ4n) is 2.31. The molecule has 0 aliphatic carbocycles. The number of benzene rings is 1. The highest BCUT2D eigenvalue weighted by molar-refractivity contribution is 5.98. The van der Waals surface area contributed by atoms with Crippen LogP contribution in [0.15, 0.2) is 18.2 Å². The van der Waals surface area contributed by atoms with Gasteiger partial charge in [0.25, 0.3) is 0 Å². The van der Waals surface area contributed by atoms with Gasteiger partial charge in [0.15, 0.2) is 0 Å². The zero-order valence-electron chi connectivity index (χ0n) is 9.86. The van der Waals surface area contributed by atoms with Gasteiger partial charge in [0, 0.05) is 12.2 Å². The lowest BCUT2D eigenvalue weighted by Gasteiger charge is -2.32. The van der Waals surface area contributed by atoms with Crippen LogP contribution in [0.4, 0.5) is 5.69 Å². The molecular formula is C13H18N2O. The van der Waals surface area contributed by atoms with Gasteiger partial charge in [-0.3, -0.25) is 4.79 Å². The predicted molar refractivity (Wildman–Crippen MR) is 65.5 cm³/mol. The van der Waals surface area contributed by atoms with Crippen LogP contribution < -0.4 is 10.6 Å². The standard InChI is InChI=1S/C13H18N2O/c1-9-5-3-6-11-7-4-8-15(12(9)11)13(16)10(2)14/h3,5-6,10H,4,7-8,14H2,1-2H3/t10-/m1/s1. The van der Waals surface area contributed by atoms with E-state index in [1.807, 2.05) is 24.0 Å². The van der Waals surface area contributed by atoms with Gasteiger partial charge in [-0.15, -0.1) is 0 Å². The fourth-order valence-corrected chi connectivity index (χ4v) is 2.31. The molecule has 86 valence electrons. The van der Waals surface area contributed by atoms with Crippen molar-refractivity contribution >= 4 is 11.6 Å². The van der Waals surface area contributed by atoms with Crippen molar-refractivity contribution in [2.75, 3.05) is 11.4 Å². The smallest absolute Gasteiger partial charge is 0.243 e. The molecule has 1 amide bonds. The van der Waals surface area contributed by atoms with E-state index in [1.165, 1.54) is 5.56 Å². The summed E-state index contributed by atoms with van der Waals surface area (Å²) in [5, 5.41) is 0. The molecule has 0 saturated heterocycles. The highest BCUT2D eigenvalue weighted by Gasteiger charge is 2.25. The van der Waals surface area contributed by atoms with Crippen molar-refractivity contribution in [3.05, 3.63) is 29.3 Å². The van der Waals surface area contributed by atoms with Crippen LogP contribution in [0, 0.1) is 6.92 Å². The molecule has 1 aliphatic rings. The van der Waals surface area contributed by atoms with Crippen molar-refractivity contribution in [2.45, 2.75) is 32.7 Å². The lowest BCUT2D eigenvalue weighted by atomic mass is 9.98. The quantitative estimate of drug-likeness (QED) is 0.778. The molecule has 1 atom stereocenters. The first-order chi connectivity index (χ1) is 7.61. The van der Waals surface area contributed by atoms with Crippen LogP contribution >= 0.6 is 0 Å². The van der Waals surface area contributed by atoms with Gasteiger partial charge in [0.2, 0.25) is 5.91 Å². The molecule has 0 saturated carbocycles. The fraction of sp³-hybridized carbons (Fsp3) is 0.462. The number of nitrogens with zero attached hydrogens (tertiary/aromatic N) is 1. The van der Waals surface area contributed by atoms with Gasteiger partial charge in [-0.2, -0.15) is 0 Å². The molecule has 2 N–H and O–H groups in total. The number of rotatable bonds is 1. The molecule has 0 bridgehead atoms. The Morgan fingerprint density at radius 1 is 1.50 bits per heavy atom. The summed E-state index contributed by atoms with van der Waals surface area (Å²) in [5.74, 6) is 0.0234.